The van der Waals surface area contributed by atoms with Crippen molar-refractivity contribution in [1.82, 2.24) is 0 Å². The highest BCUT2D eigenvalue weighted by Crippen LogP contribution is 2.22. The Morgan fingerprint density at radius 1 is 0.682 bits per heavy atom. The van der Waals surface area contributed by atoms with E-state index in [1.165, 1.54) is 0 Å². The molecule has 0 bridgehead atoms. The molecule has 3 aromatic rings. The van der Waals surface area contributed by atoms with Gasteiger partial charge in [0.25, 0.3) is 0 Å². The molecule has 0 atom stereocenters. The fraction of sp³-hybridized carbons (Fsp3) is 0.0500. The zero-order valence-electron chi connectivity index (χ0n) is 12.1. The van der Waals surface area contributed by atoms with Crippen LogP contribution in [0.3, 0.4) is 0 Å². The zero-order chi connectivity index (χ0) is 15.2. The number of Topliss-reactive ketones (excluding diaryl/α,β-unsaturated/α-hetero) is 1. The summed E-state index contributed by atoms with van der Waals surface area (Å²) < 4.78 is 5.56. The van der Waals surface area contributed by atoms with Crippen LogP contribution in [0.1, 0.15) is 10.4 Å². The Hall–Kier alpha value is -2.87. The number of benzene rings is 3. The average molecular weight is 288 g/mol. The maximum Gasteiger partial charge on any atom is 0.200 e. The highest BCUT2D eigenvalue weighted by Gasteiger charge is 2.06. The number of hydrogen-bond acceptors (Lipinski definition) is 2. The Morgan fingerprint density at radius 3 is 1.86 bits per heavy atom. The van der Waals surface area contributed by atoms with E-state index in [-0.39, 0.29) is 12.4 Å². The molecule has 22 heavy (non-hydrogen) atoms. The molecule has 0 spiro atoms. The molecule has 0 heterocycles. The summed E-state index contributed by atoms with van der Waals surface area (Å²) in [5.41, 5.74) is 2.96. The molecular formula is C20H16O2. The van der Waals surface area contributed by atoms with Crippen LogP contribution in [-0.2, 0) is 0 Å². The van der Waals surface area contributed by atoms with Crippen molar-refractivity contribution in [1.29, 1.82) is 0 Å². The molecule has 0 unspecified atom stereocenters. The van der Waals surface area contributed by atoms with Gasteiger partial charge in [0.05, 0.1) is 0 Å². The summed E-state index contributed by atoms with van der Waals surface area (Å²) in [4.78, 5) is 12.0. The number of rotatable bonds is 5. The number of ether oxygens (including phenoxy) is 1. The van der Waals surface area contributed by atoms with Gasteiger partial charge in [-0.15, -0.1) is 0 Å². The van der Waals surface area contributed by atoms with E-state index in [9.17, 15) is 4.79 Å². The maximum absolute atomic E-state index is 12.0. The van der Waals surface area contributed by atoms with Crippen LogP contribution in [0.4, 0.5) is 0 Å². The fourth-order valence-electron chi connectivity index (χ4n) is 2.23. The molecule has 0 aliphatic rings. The van der Waals surface area contributed by atoms with Crippen LogP contribution < -0.4 is 4.74 Å². The maximum atomic E-state index is 12.0. The predicted molar refractivity (Wildman–Crippen MR) is 88.1 cm³/mol. The van der Waals surface area contributed by atoms with E-state index < -0.39 is 0 Å². The minimum atomic E-state index is -0.0206. The van der Waals surface area contributed by atoms with Crippen molar-refractivity contribution < 1.29 is 9.53 Å². The first-order chi connectivity index (χ1) is 10.8. The van der Waals surface area contributed by atoms with Gasteiger partial charge in [0.2, 0.25) is 0 Å². The van der Waals surface area contributed by atoms with E-state index >= 15 is 0 Å². The van der Waals surface area contributed by atoms with Gasteiger partial charge < -0.3 is 4.74 Å². The van der Waals surface area contributed by atoms with Gasteiger partial charge in [0.1, 0.15) is 5.75 Å². The van der Waals surface area contributed by atoms with E-state index in [1.807, 2.05) is 60.7 Å². The Balaban J connectivity index is 1.63. The molecule has 2 nitrogen and oxygen atoms in total. The van der Waals surface area contributed by atoms with Gasteiger partial charge in [-0.1, -0.05) is 72.8 Å². The van der Waals surface area contributed by atoms with Gasteiger partial charge in [-0.2, -0.15) is 0 Å². The van der Waals surface area contributed by atoms with E-state index in [2.05, 4.69) is 12.1 Å². The fourth-order valence-corrected chi connectivity index (χ4v) is 2.23. The third-order valence-electron chi connectivity index (χ3n) is 3.43. The summed E-state index contributed by atoms with van der Waals surface area (Å²) in [6.45, 7) is 0.0503. The van der Waals surface area contributed by atoms with Crippen molar-refractivity contribution in [3.8, 4) is 16.9 Å². The number of carbonyl (C=O) groups excluding carboxylic acids is 1. The van der Waals surface area contributed by atoms with Gasteiger partial charge in [0, 0.05) is 5.56 Å². The van der Waals surface area contributed by atoms with Crippen molar-refractivity contribution in [3.63, 3.8) is 0 Å². The molecule has 0 fully saturated rings. The van der Waals surface area contributed by atoms with Crippen molar-refractivity contribution in [2.75, 3.05) is 6.61 Å². The predicted octanol–water partition coefficient (Wildman–Crippen LogP) is 4.62. The van der Waals surface area contributed by atoms with E-state index in [0.29, 0.717) is 11.3 Å². The van der Waals surface area contributed by atoms with E-state index in [1.54, 1.807) is 12.1 Å². The van der Waals surface area contributed by atoms with E-state index in [0.717, 1.165) is 11.1 Å². The van der Waals surface area contributed by atoms with Gasteiger partial charge in [-0.05, 0) is 23.3 Å². The lowest BCUT2D eigenvalue weighted by molar-refractivity contribution is 0.0921. The smallest absolute Gasteiger partial charge is 0.200 e. The van der Waals surface area contributed by atoms with Crippen LogP contribution in [0.5, 0.6) is 5.75 Å². The van der Waals surface area contributed by atoms with Crippen LogP contribution in [0, 0.1) is 0 Å². The highest BCUT2D eigenvalue weighted by molar-refractivity contribution is 5.97. The Kier molecular flexibility index (Phi) is 4.30. The number of carbonyl (C=O) groups is 1. The SMILES string of the molecule is O=C(COc1ccc(-c2ccccc2)cc1)c1ccccc1. The zero-order valence-corrected chi connectivity index (χ0v) is 12.1. The Labute approximate surface area is 130 Å². The average Bonchev–Trinajstić information content (AvgIpc) is 2.61. The second kappa shape index (κ2) is 6.72. The first kappa shape index (κ1) is 14.1. The third-order valence-corrected chi connectivity index (χ3v) is 3.43. The van der Waals surface area contributed by atoms with Gasteiger partial charge >= 0.3 is 0 Å². The summed E-state index contributed by atoms with van der Waals surface area (Å²) in [5, 5.41) is 0. The molecule has 3 rings (SSSR count). The second-order valence-corrected chi connectivity index (χ2v) is 4.97. The minimum absolute atomic E-state index is 0.0206. The van der Waals surface area contributed by atoms with Crippen LogP contribution in [0.2, 0.25) is 0 Å². The van der Waals surface area contributed by atoms with Gasteiger partial charge in [-0.3, -0.25) is 4.79 Å². The van der Waals surface area contributed by atoms with Crippen molar-refractivity contribution in [2.45, 2.75) is 0 Å². The summed E-state index contributed by atoms with van der Waals surface area (Å²) in [6, 6.07) is 27.1. The molecule has 0 aliphatic heterocycles. The summed E-state index contributed by atoms with van der Waals surface area (Å²) in [6.07, 6.45) is 0. The van der Waals surface area contributed by atoms with Crippen molar-refractivity contribution >= 4 is 5.78 Å². The second-order valence-electron chi connectivity index (χ2n) is 4.97. The summed E-state index contributed by atoms with van der Waals surface area (Å²) in [5.74, 6) is 0.677. The molecule has 0 aliphatic carbocycles. The standard InChI is InChI=1S/C20H16O2/c21-20(18-9-5-2-6-10-18)15-22-19-13-11-17(12-14-19)16-7-3-1-4-8-16/h1-14H,15H2. The van der Waals surface area contributed by atoms with Crippen LogP contribution in [0.25, 0.3) is 11.1 Å². The Bertz CT molecular complexity index is 732. The van der Waals surface area contributed by atoms with Crippen molar-refractivity contribution in [2.24, 2.45) is 0 Å². The summed E-state index contributed by atoms with van der Waals surface area (Å²) in [7, 11) is 0. The third kappa shape index (κ3) is 3.41. The monoisotopic (exact) mass is 288 g/mol. The molecule has 0 N–H and O–H groups in total. The lowest BCUT2D eigenvalue weighted by Gasteiger charge is -2.07. The molecular weight excluding hydrogens is 272 g/mol. The molecule has 2 heteroatoms. The quantitative estimate of drug-likeness (QED) is 0.641. The molecule has 108 valence electrons. The Morgan fingerprint density at radius 2 is 1.23 bits per heavy atom. The minimum Gasteiger partial charge on any atom is -0.485 e. The lowest BCUT2D eigenvalue weighted by Crippen LogP contribution is -2.11. The van der Waals surface area contributed by atoms with Crippen molar-refractivity contribution in [3.05, 3.63) is 90.5 Å². The number of hydrogen-bond donors (Lipinski definition) is 0. The first-order valence-electron chi connectivity index (χ1n) is 7.19. The van der Waals surface area contributed by atoms with E-state index in [4.69, 9.17) is 4.74 Å². The first-order valence-corrected chi connectivity index (χ1v) is 7.19. The molecule has 0 aromatic heterocycles. The normalized spacial score (nSPS) is 10.2. The van der Waals surface area contributed by atoms with Crippen LogP contribution in [0.15, 0.2) is 84.9 Å². The van der Waals surface area contributed by atoms with Crippen LogP contribution >= 0.6 is 0 Å². The van der Waals surface area contributed by atoms with Crippen LogP contribution in [-0.4, -0.2) is 12.4 Å². The van der Waals surface area contributed by atoms with Gasteiger partial charge in [-0.25, -0.2) is 0 Å². The highest BCUT2D eigenvalue weighted by atomic mass is 16.5. The molecule has 0 amide bonds. The molecule has 3 aromatic carbocycles. The topological polar surface area (TPSA) is 26.3 Å². The summed E-state index contributed by atoms with van der Waals surface area (Å²) >= 11 is 0. The van der Waals surface area contributed by atoms with Gasteiger partial charge in [0.15, 0.2) is 12.4 Å². The number of ketones is 1. The molecule has 0 saturated heterocycles. The molecule has 0 radical (unpaired) electrons. The lowest BCUT2D eigenvalue weighted by atomic mass is 10.1. The molecule has 0 saturated carbocycles. The largest absolute Gasteiger partial charge is 0.485 e.